The van der Waals surface area contributed by atoms with Crippen LogP contribution >= 0.6 is 0 Å². The van der Waals surface area contributed by atoms with Crippen molar-refractivity contribution in [3.05, 3.63) is 54.0 Å². The molecule has 1 aliphatic carbocycles. The normalized spacial score (nSPS) is 15.3. The number of carboxylic acid groups (broad SMARTS) is 1. The first kappa shape index (κ1) is 13.4. The van der Waals surface area contributed by atoms with Crippen molar-refractivity contribution in [3.63, 3.8) is 0 Å². The molecule has 2 N–H and O–H groups in total. The number of aromatic nitrogens is 1. The molecule has 0 atom stereocenters. The van der Waals surface area contributed by atoms with Gasteiger partial charge in [0, 0.05) is 6.07 Å². The Morgan fingerprint density at radius 2 is 1.95 bits per heavy atom. The van der Waals surface area contributed by atoms with Gasteiger partial charge < -0.3 is 15.2 Å². The molecule has 1 amide bonds. The number of amides is 1. The van der Waals surface area contributed by atoms with Crippen molar-refractivity contribution in [2.24, 2.45) is 0 Å². The molecule has 1 aromatic carbocycles. The fourth-order valence-electron chi connectivity index (χ4n) is 2.14. The van der Waals surface area contributed by atoms with E-state index in [1.807, 2.05) is 0 Å². The summed E-state index contributed by atoms with van der Waals surface area (Å²) in [5.41, 5.74) is 0.0260. The number of hydrogen-bond acceptors (Lipinski definition) is 3. The largest absolute Gasteiger partial charge is 0.465 e. The second kappa shape index (κ2) is 5.05. The van der Waals surface area contributed by atoms with Gasteiger partial charge >= 0.3 is 6.09 Å². The SMILES string of the molecule is O=C(O)NC1(c2cccc(Oc3ccc(F)cc3)n2)CC1. The van der Waals surface area contributed by atoms with E-state index < -0.39 is 11.6 Å². The van der Waals surface area contributed by atoms with Crippen molar-refractivity contribution in [3.8, 4) is 11.6 Å². The van der Waals surface area contributed by atoms with Crippen LogP contribution in [0.4, 0.5) is 9.18 Å². The summed E-state index contributed by atoms with van der Waals surface area (Å²) in [6.45, 7) is 0. The van der Waals surface area contributed by atoms with E-state index in [9.17, 15) is 9.18 Å². The maximum Gasteiger partial charge on any atom is 0.405 e. The van der Waals surface area contributed by atoms with Gasteiger partial charge in [0.25, 0.3) is 0 Å². The predicted molar refractivity (Wildman–Crippen MR) is 72.8 cm³/mol. The molecule has 108 valence electrons. The molecule has 1 fully saturated rings. The van der Waals surface area contributed by atoms with Crippen LogP contribution in [-0.4, -0.2) is 16.2 Å². The maximum absolute atomic E-state index is 12.8. The van der Waals surface area contributed by atoms with Gasteiger partial charge in [-0.3, -0.25) is 0 Å². The molecule has 1 heterocycles. The summed E-state index contributed by atoms with van der Waals surface area (Å²) in [5.74, 6) is 0.473. The average molecular weight is 288 g/mol. The lowest BCUT2D eigenvalue weighted by Crippen LogP contribution is -2.34. The van der Waals surface area contributed by atoms with Crippen molar-refractivity contribution in [2.75, 3.05) is 0 Å². The van der Waals surface area contributed by atoms with E-state index in [-0.39, 0.29) is 5.82 Å². The zero-order valence-corrected chi connectivity index (χ0v) is 11.0. The van der Waals surface area contributed by atoms with Crippen LogP contribution in [0, 0.1) is 5.82 Å². The Morgan fingerprint density at radius 1 is 1.24 bits per heavy atom. The number of hydrogen-bond donors (Lipinski definition) is 2. The van der Waals surface area contributed by atoms with E-state index in [1.165, 1.54) is 24.3 Å². The number of rotatable bonds is 4. The van der Waals surface area contributed by atoms with Gasteiger partial charge in [-0.1, -0.05) is 6.07 Å². The molecule has 0 bridgehead atoms. The Kier molecular flexibility index (Phi) is 3.21. The zero-order chi connectivity index (χ0) is 14.9. The Hall–Kier alpha value is -2.63. The highest BCUT2D eigenvalue weighted by Gasteiger charge is 2.47. The van der Waals surface area contributed by atoms with E-state index in [1.54, 1.807) is 18.2 Å². The molecule has 0 radical (unpaired) electrons. The zero-order valence-electron chi connectivity index (χ0n) is 11.0. The molecule has 5 nitrogen and oxygen atoms in total. The van der Waals surface area contributed by atoms with Crippen molar-refractivity contribution >= 4 is 6.09 Å². The molecule has 0 unspecified atom stereocenters. The van der Waals surface area contributed by atoms with Crippen molar-refractivity contribution in [2.45, 2.75) is 18.4 Å². The van der Waals surface area contributed by atoms with E-state index in [0.717, 1.165) is 0 Å². The van der Waals surface area contributed by atoms with Gasteiger partial charge in [0.15, 0.2) is 0 Å². The predicted octanol–water partition coefficient (Wildman–Crippen LogP) is 3.27. The Morgan fingerprint density at radius 3 is 2.57 bits per heavy atom. The first-order valence-corrected chi connectivity index (χ1v) is 6.49. The molecule has 0 spiro atoms. The number of nitrogens with one attached hydrogen (secondary N) is 1. The lowest BCUT2D eigenvalue weighted by molar-refractivity contribution is 0.188. The average Bonchev–Trinajstić information content (AvgIpc) is 3.22. The Balaban J connectivity index is 1.80. The van der Waals surface area contributed by atoms with Crippen molar-refractivity contribution in [1.29, 1.82) is 0 Å². The van der Waals surface area contributed by atoms with Crippen LogP contribution in [0.25, 0.3) is 0 Å². The van der Waals surface area contributed by atoms with E-state index in [0.29, 0.717) is 30.2 Å². The molecule has 21 heavy (non-hydrogen) atoms. The minimum absolute atomic E-state index is 0.341. The van der Waals surface area contributed by atoms with Crippen LogP contribution in [0.3, 0.4) is 0 Å². The molecule has 2 aromatic rings. The van der Waals surface area contributed by atoms with Gasteiger partial charge in [0.2, 0.25) is 5.88 Å². The first-order chi connectivity index (χ1) is 10.1. The lowest BCUT2D eigenvalue weighted by Gasteiger charge is -2.15. The number of carbonyl (C=O) groups is 1. The summed E-state index contributed by atoms with van der Waals surface area (Å²) in [4.78, 5) is 15.2. The smallest absolute Gasteiger partial charge is 0.405 e. The molecular weight excluding hydrogens is 275 g/mol. The summed E-state index contributed by atoms with van der Waals surface area (Å²) in [5, 5.41) is 11.4. The monoisotopic (exact) mass is 288 g/mol. The van der Waals surface area contributed by atoms with Crippen molar-refractivity contribution < 1.29 is 19.0 Å². The molecule has 1 saturated carbocycles. The number of nitrogens with zero attached hydrogens (tertiary/aromatic N) is 1. The fraction of sp³-hybridized carbons (Fsp3) is 0.200. The van der Waals surface area contributed by atoms with Crippen molar-refractivity contribution in [1.82, 2.24) is 10.3 Å². The van der Waals surface area contributed by atoms with E-state index in [2.05, 4.69) is 10.3 Å². The highest BCUT2D eigenvalue weighted by Crippen LogP contribution is 2.45. The summed E-state index contributed by atoms with van der Waals surface area (Å²) in [7, 11) is 0. The minimum atomic E-state index is -1.07. The highest BCUT2D eigenvalue weighted by atomic mass is 19.1. The fourth-order valence-corrected chi connectivity index (χ4v) is 2.14. The third-order valence-electron chi connectivity index (χ3n) is 3.35. The number of pyridine rings is 1. The molecule has 1 aromatic heterocycles. The van der Waals surface area contributed by atoms with Crippen LogP contribution in [0.1, 0.15) is 18.5 Å². The van der Waals surface area contributed by atoms with Gasteiger partial charge in [-0.05, 0) is 43.2 Å². The van der Waals surface area contributed by atoms with Gasteiger partial charge in [0.05, 0.1) is 11.2 Å². The molecular formula is C15H13FN2O3. The molecule has 1 aliphatic rings. The van der Waals surface area contributed by atoms with Crippen LogP contribution in [0.2, 0.25) is 0 Å². The second-order valence-corrected chi connectivity index (χ2v) is 4.93. The van der Waals surface area contributed by atoms with Crippen LogP contribution < -0.4 is 10.1 Å². The van der Waals surface area contributed by atoms with Crippen LogP contribution in [0.15, 0.2) is 42.5 Å². The number of ether oxygens (including phenoxy) is 1. The summed E-state index contributed by atoms with van der Waals surface area (Å²) in [6.07, 6.45) is 0.359. The summed E-state index contributed by atoms with van der Waals surface area (Å²) in [6, 6.07) is 10.8. The molecule has 6 heteroatoms. The topological polar surface area (TPSA) is 71.5 Å². The third-order valence-corrected chi connectivity index (χ3v) is 3.35. The van der Waals surface area contributed by atoms with Gasteiger partial charge in [0.1, 0.15) is 11.6 Å². The van der Waals surface area contributed by atoms with Gasteiger partial charge in [-0.15, -0.1) is 0 Å². The highest BCUT2D eigenvalue weighted by molar-refractivity contribution is 5.66. The quantitative estimate of drug-likeness (QED) is 0.905. The van der Waals surface area contributed by atoms with E-state index in [4.69, 9.17) is 9.84 Å². The summed E-state index contributed by atoms with van der Waals surface area (Å²) >= 11 is 0. The summed E-state index contributed by atoms with van der Waals surface area (Å²) < 4.78 is 18.4. The minimum Gasteiger partial charge on any atom is -0.465 e. The lowest BCUT2D eigenvalue weighted by atomic mass is 10.1. The molecule has 3 rings (SSSR count). The standard InChI is InChI=1S/C15H13FN2O3/c16-10-4-6-11(7-5-10)21-13-3-1-2-12(17-13)15(8-9-15)18-14(19)20/h1-7,18H,8-9H2,(H,19,20). The first-order valence-electron chi connectivity index (χ1n) is 6.49. The third kappa shape index (κ3) is 2.94. The van der Waals surface area contributed by atoms with Crippen LogP contribution in [-0.2, 0) is 5.54 Å². The van der Waals surface area contributed by atoms with E-state index >= 15 is 0 Å². The second-order valence-electron chi connectivity index (χ2n) is 4.93. The number of benzene rings is 1. The van der Waals surface area contributed by atoms with Gasteiger partial charge in [-0.25, -0.2) is 14.2 Å². The Labute approximate surface area is 120 Å². The molecule has 0 saturated heterocycles. The Bertz CT molecular complexity index is 669. The number of halogens is 1. The van der Waals surface area contributed by atoms with Gasteiger partial charge in [-0.2, -0.15) is 0 Å². The molecule has 0 aliphatic heterocycles. The maximum atomic E-state index is 12.8. The van der Waals surface area contributed by atoms with Crippen LogP contribution in [0.5, 0.6) is 11.6 Å².